The highest BCUT2D eigenvalue weighted by atomic mass is 35.5. The summed E-state index contributed by atoms with van der Waals surface area (Å²) in [5, 5.41) is 8.36. The minimum absolute atomic E-state index is 0.398. The molecule has 0 saturated heterocycles. The first-order valence-corrected chi connectivity index (χ1v) is 8.26. The van der Waals surface area contributed by atoms with Crippen molar-refractivity contribution >= 4 is 31.5 Å². The normalized spacial score (nSPS) is 11.7. The van der Waals surface area contributed by atoms with E-state index in [1.54, 1.807) is 0 Å². The van der Waals surface area contributed by atoms with Gasteiger partial charge in [0.05, 0.1) is 12.7 Å². The number of rotatable bonds is 6. The third kappa shape index (κ3) is 8.57. The fourth-order valence-corrected chi connectivity index (χ4v) is 3.08. The summed E-state index contributed by atoms with van der Waals surface area (Å²) in [6.07, 6.45) is 1.51. The lowest BCUT2D eigenvalue weighted by molar-refractivity contribution is 0.322. The summed E-state index contributed by atoms with van der Waals surface area (Å²) in [6, 6.07) is 3.11. The minimum atomic E-state index is -1.62. The zero-order chi connectivity index (χ0) is 10.3. The van der Waals surface area contributed by atoms with Gasteiger partial charge in [0.1, 0.15) is 4.84 Å². The molecule has 0 heterocycles. The summed E-state index contributed by atoms with van der Waals surface area (Å²) >= 11 is 11.1. The summed E-state index contributed by atoms with van der Waals surface area (Å²) in [6.45, 7) is 4.62. The van der Waals surface area contributed by atoms with Gasteiger partial charge in [-0.05, 0) is 25.6 Å². The maximum atomic E-state index is 8.36. The van der Waals surface area contributed by atoms with Crippen LogP contribution in [0, 0.1) is 11.3 Å². The molecule has 0 aliphatic heterocycles. The predicted octanol–water partition coefficient (Wildman–Crippen LogP) is 3.32. The van der Waals surface area contributed by atoms with E-state index in [-0.39, 0.29) is 0 Å². The van der Waals surface area contributed by atoms with Gasteiger partial charge in [0.25, 0.3) is 0 Å². The van der Waals surface area contributed by atoms with E-state index in [9.17, 15) is 0 Å². The predicted molar refractivity (Wildman–Crippen MR) is 58.6 cm³/mol. The molecule has 0 aromatic rings. The van der Waals surface area contributed by atoms with Crippen molar-refractivity contribution in [3.05, 3.63) is 0 Å². The topological polar surface area (TPSA) is 33.0 Å². The molecule has 0 fully saturated rings. The number of unbranched alkanes of at least 4 members (excludes halogenated alkanes) is 1. The van der Waals surface area contributed by atoms with Crippen molar-refractivity contribution < 1.29 is 4.43 Å². The van der Waals surface area contributed by atoms with Crippen LogP contribution in [0.2, 0.25) is 19.1 Å². The van der Waals surface area contributed by atoms with Crippen LogP contribution in [0.1, 0.15) is 12.8 Å². The van der Waals surface area contributed by atoms with E-state index in [4.69, 9.17) is 32.9 Å². The molecule has 5 heteroatoms. The molecular weight excluding hydrogens is 225 g/mol. The molecule has 0 amide bonds. The summed E-state index contributed by atoms with van der Waals surface area (Å²) in [7, 11) is -1.62. The average molecular weight is 240 g/mol. The monoisotopic (exact) mass is 239 g/mol. The van der Waals surface area contributed by atoms with Crippen LogP contribution in [0.4, 0.5) is 0 Å². The fraction of sp³-hybridized carbons (Fsp3) is 0.875. The van der Waals surface area contributed by atoms with Gasteiger partial charge < -0.3 is 4.43 Å². The Morgan fingerprint density at radius 1 is 1.46 bits per heavy atom. The van der Waals surface area contributed by atoms with Crippen LogP contribution in [0.25, 0.3) is 0 Å². The van der Waals surface area contributed by atoms with Crippen molar-refractivity contribution in [2.24, 2.45) is 0 Å². The first-order chi connectivity index (χ1) is 5.98. The Hall–Kier alpha value is 0.247. The lowest BCUT2D eigenvalue weighted by atomic mass is 10.4. The van der Waals surface area contributed by atoms with Crippen LogP contribution < -0.4 is 0 Å². The molecule has 0 unspecified atom stereocenters. The van der Waals surface area contributed by atoms with Crippen molar-refractivity contribution in [1.29, 1.82) is 5.26 Å². The van der Waals surface area contributed by atoms with Crippen LogP contribution in [-0.4, -0.2) is 19.8 Å². The van der Waals surface area contributed by atoms with Gasteiger partial charge in [-0.2, -0.15) is 5.26 Å². The average Bonchev–Trinajstić information content (AvgIpc) is 2.02. The molecule has 0 saturated carbocycles. The van der Waals surface area contributed by atoms with Crippen LogP contribution in [0.15, 0.2) is 0 Å². The van der Waals surface area contributed by atoms with Gasteiger partial charge in [-0.15, -0.1) is 23.2 Å². The van der Waals surface area contributed by atoms with Crippen molar-refractivity contribution in [3.8, 4) is 6.07 Å². The molecule has 0 rings (SSSR count). The fourth-order valence-electron chi connectivity index (χ4n) is 0.954. The zero-order valence-corrected chi connectivity index (χ0v) is 10.5. The molecule has 0 aliphatic rings. The quantitative estimate of drug-likeness (QED) is 0.405. The smallest absolute Gasteiger partial charge is 0.186 e. The van der Waals surface area contributed by atoms with E-state index in [1.165, 1.54) is 0 Å². The molecule has 0 aliphatic carbocycles. The first-order valence-electron chi connectivity index (χ1n) is 4.27. The number of nitrogens with zero attached hydrogens (tertiary/aromatic N) is 1. The number of hydrogen-bond donors (Lipinski definition) is 0. The first kappa shape index (κ1) is 13.2. The summed E-state index contributed by atoms with van der Waals surface area (Å²) in [5.74, 6) is 0. The number of halogens is 2. The van der Waals surface area contributed by atoms with Crippen LogP contribution in [0.5, 0.6) is 0 Å². The summed E-state index contributed by atoms with van der Waals surface area (Å²) in [5.41, 5.74) is 0. The number of alkyl halides is 2. The van der Waals surface area contributed by atoms with Crippen LogP contribution >= 0.6 is 23.2 Å². The van der Waals surface area contributed by atoms with Gasteiger partial charge in [-0.3, -0.25) is 0 Å². The molecule has 0 aromatic heterocycles. The van der Waals surface area contributed by atoms with Crippen LogP contribution in [0.3, 0.4) is 0 Å². The molecule has 2 nitrogen and oxygen atoms in total. The second-order valence-corrected chi connectivity index (χ2v) is 9.06. The van der Waals surface area contributed by atoms with Gasteiger partial charge in [-0.1, -0.05) is 0 Å². The Labute approximate surface area is 90.9 Å². The van der Waals surface area contributed by atoms with Gasteiger partial charge in [-0.25, -0.2) is 0 Å². The Bertz CT molecular complexity index is 179. The SMILES string of the molecule is C[Si](C)(CCCC#N)OCC(Cl)Cl. The third-order valence-corrected chi connectivity index (χ3v) is 4.43. The van der Waals surface area contributed by atoms with E-state index < -0.39 is 13.2 Å². The molecule has 0 bridgehead atoms. The second-order valence-electron chi connectivity index (χ2n) is 3.47. The van der Waals surface area contributed by atoms with E-state index >= 15 is 0 Å². The van der Waals surface area contributed by atoms with Crippen molar-refractivity contribution in [2.75, 3.05) is 6.61 Å². The summed E-state index contributed by atoms with van der Waals surface area (Å²) < 4.78 is 5.60. The van der Waals surface area contributed by atoms with Crippen molar-refractivity contribution in [3.63, 3.8) is 0 Å². The van der Waals surface area contributed by atoms with E-state index in [2.05, 4.69) is 19.2 Å². The lowest BCUT2D eigenvalue weighted by Gasteiger charge is -2.22. The van der Waals surface area contributed by atoms with Gasteiger partial charge in [0.15, 0.2) is 8.32 Å². The highest BCUT2D eigenvalue weighted by Crippen LogP contribution is 2.16. The second kappa shape index (κ2) is 6.66. The Balaban J connectivity index is 3.61. The van der Waals surface area contributed by atoms with Gasteiger partial charge >= 0.3 is 0 Å². The van der Waals surface area contributed by atoms with E-state index in [0.717, 1.165) is 12.5 Å². The molecule has 76 valence electrons. The van der Waals surface area contributed by atoms with Gasteiger partial charge in [0.2, 0.25) is 0 Å². The number of nitriles is 1. The lowest BCUT2D eigenvalue weighted by Crippen LogP contribution is -2.31. The minimum Gasteiger partial charge on any atom is -0.415 e. The Morgan fingerprint density at radius 3 is 2.54 bits per heavy atom. The largest absolute Gasteiger partial charge is 0.415 e. The van der Waals surface area contributed by atoms with Gasteiger partial charge in [0, 0.05) is 6.42 Å². The zero-order valence-electron chi connectivity index (χ0n) is 8.02. The highest BCUT2D eigenvalue weighted by Gasteiger charge is 2.22. The molecule has 13 heavy (non-hydrogen) atoms. The standard InChI is InChI=1S/C8H15Cl2NOSi/c1-13(2,6-4-3-5-11)12-7-8(9)10/h8H,3-4,6-7H2,1-2H3. The third-order valence-electron chi connectivity index (χ3n) is 1.67. The molecule has 0 N–H and O–H groups in total. The molecule has 0 radical (unpaired) electrons. The van der Waals surface area contributed by atoms with Crippen molar-refractivity contribution in [2.45, 2.75) is 36.8 Å². The molecule has 0 aromatic carbocycles. The molecule has 0 atom stereocenters. The van der Waals surface area contributed by atoms with Crippen molar-refractivity contribution in [1.82, 2.24) is 0 Å². The summed E-state index contributed by atoms with van der Waals surface area (Å²) in [4.78, 5) is -0.442. The highest BCUT2D eigenvalue weighted by molar-refractivity contribution is 6.71. The Morgan fingerprint density at radius 2 is 2.08 bits per heavy atom. The maximum Gasteiger partial charge on any atom is 0.186 e. The maximum absolute atomic E-state index is 8.36. The molecular formula is C8H15Cl2NOSi. The molecule has 0 spiro atoms. The van der Waals surface area contributed by atoms with Crippen LogP contribution in [-0.2, 0) is 4.43 Å². The Kier molecular flexibility index (Phi) is 6.79. The van der Waals surface area contributed by atoms with E-state index in [1.807, 2.05) is 0 Å². The number of hydrogen-bond acceptors (Lipinski definition) is 2. The van der Waals surface area contributed by atoms with E-state index in [0.29, 0.717) is 13.0 Å².